The Bertz CT molecular complexity index is 974. The number of aromatic hydroxyl groups is 4. The summed E-state index contributed by atoms with van der Waals surface area (Å²) < 4.78 is 0. The maximum Gasteiger partial charge on any atom is 0.125 e. The molecule has 0 amide bonds. The van der Waals surface area contributed by atoms with Crippen molar-refractivity contribution < 1.29 is 20.4 Å². The lowest BCUT2D eigenvalue weighted by molar-refractivity contribution is 0.436. The molecule has 0 bridgehead atoms. The summed E-state index contributed by atoms with van der Waals surface area (Å²) in [6.45, 7) is 7.67. The number of benzene rings is 3. The van der Waals surface area contributed by atoms with E-state index in [-0.39, 0.29) is 34.8 Å². The summed E-state index contributed by atoms with van der Waals surface area (Å²) in [4.78, 5) is 0. The second kappa shape index (κ2) is 8.70. The van der Waals surface area contributed by atoms with Gasteiger partial charge in [-0.2, -0.15) is 0 Å². The Morgan fingerprint density at radius 1 is 0.633 bits per heavy atom. The van der Waals surface area contributed by atoms with Crippen LogP contribution in [0.4, 0.5) is 0 Å². The van der Waals surface area contributed by atoms with Crippen molar-refractivity contribution in [3.8, 4) is 23.0 Å². The smallest absolute Gasteiger partial charge is 0.125 e. The molecule has 3 aromatic rings. The number of hydrogen-bond donors (Lipinski definition) is 4. The molecular formula is C26H30O4. The molecule has 0 aliphatic rings. The van der Waals surface area contributed by atoms with Crippen molar-refractivity contribution in [1.82, 2.24) is 0 Å². The molecule has 4 N–H and O–H groups in total. The van der Waals surface area contributed by atoms with Gasteiger partial charge in [0.05, 0.1) is 0 Å². The van der Waals surface area contributed by atoms with Crippen molar-refractivity contribution >= 4 is 0 Å². The van der Waals surface area contributed by atoms with Crippen LogP contribution in [0.25, 0.3) is 0 Å². The molecular weight excluding hydrogens is 376 g/mol. The van der Waals surface area contributed by atoms with E-state index in [1.807, 2.05) is 6.07 Å². The van der Waals surface area contributed by atoms with Gasteiger partial charge in [0.15, 0.2) is 0 Å². The predicted octanol–water partition coefficient (Wildman–Crippen LogP) is 5.82. The van der Waals surface area contributed by atoms with Crippen molar-refractivity contribution in [3.05, 3.63) is 81.9 Å². The molecule has 3 rings (SSSR count). The molecule has 0 spiro atoms. The molecule has 0 aliphatic carbocycles. The van der Waals surface area contributed by atoms with Crippen LogP contribution < -0.4 is 0 Å². The first kappa shape index (κ1) is 21.6. The molecule has 30 heavy (non-hydrogen) atoms. The first-order valence-electron chi connectivity index (χ1n) is 10.3. The summed E-state index contributed by atoms with van der Waals surface area (Å²) in [5.41, 5.74) is 5.00. The lowest BCUT2D eigenvalue weighted by atomic mass is 9.87. The van der Waals surface area contributed by atoms with E-state index in [9.17, 15) is 20.4 Å². The molecule has 158 valence electrons. The first-order chi connectivity index (χ1) is 14.2. The molecule has 2 unspecified atom stereocenters. The third kappa shape index (κ3) is 4.38. The summed E-state index contributed by atoms with van der Waals surface area (Å²) in [5, 5.41) is 40.2. The summed E-state index contributed by atoms with van der Waals surface area (Å²) in [6, 6.07) is 15.2. The zero-order chi connectivity index (χ0) is 22.0. The van der Waals surface area contributed by atoms with Crippen LogP contribution in [0, 0.1) is 13.8 Å². The van der Waals surface area contributed by atoms with E-state index in [4.69, 9.17) is 0 Å². The first-order valence-corrected chi connectivity index (χ1v) is 10.3. The number of hydrogen-bond acceptors (Lipinski definition) is 4. The normalized spacial score (nSPS) is 13.2. The van der Waals surface area contributed by atoms with Crippen molar-refractivity contribution in [2.24, 2.45) is 0 Å². The maximum absolute atomic E-state index is 10.3. The molecule has 2 atom stereocenters. The molecule has 0 aromatic heterocycles. The minimum absolute atomic E-state index is 0.104. The van der Waals surface area contributed by atoms with E-state index in [0.717, 1.165) is 11.1 Å². The van der Waals surface area contributed by atoms with E-state index >= 15 is 0 Å². The van der Waals surface area contributed by atoms with Crippen LogP contribution in [0.15, 0.2) is 48.5 Å². The Hall–Kier alpha value is -3.14. The number of rotatable bonds is 6. The minimum Gasteiger partial charge on any atom is -0.508 e. The van der Waals surface area contributed by atoms with Gasteiger partial charge in [-0.25, -0.2) is 0 Å². The Kier molecular flexibility index (Phi) is 6.25. The fraction of sp³-hybridized carbons (Fsp3) is 0.308. The van der Waals surface area contributed by atoms with Crippen LogP contribution in [0.2, 0.25) is 0 Å². The van der Waals surface area contributed by atoms with Gasteiger partial charge in [-0.1, -0.05) is 50.2 Å². The second-order valence-corrected chi connectivity index (χ2v) is 8.32. The van der Waals surface area contributed by atoms with Crippen LogP contribution in [0.5, 0.6) is 23.0 Å². The summed E-state index contributed by atoms with van der Waals surface area (Å²) in [7, 11) is 0. The van der Waals surface area contributed by atoms with Gasteiger partial charge in [0.25, 0.3) is 0 Å². The van der Waals surface area contributed by atoms with Crippen LogP contribution in [0.1, 0.15) is 59.1 Å². The van der Waals surface area contributed by atoms with Gasteiger partial charge in [-0.15, -0.1) is 0 Å². The van der Waals surface area contributed by atoms with E-state index in [2.05, 4.69) is 32.0 Å². The highest BCUT2D eigenvalue weighted by Crippen LogP contribution is 2.35. The number of phenolic OH excluding ortho intramolecular Hbond substituents is 4. The highest BCUT2D eigenvalue weighted by atomic mass is 16.3. The van der Waals surface area contributed by atoms with E-state index < -0.39 is 0 Å². The average molecular weight is 407 g/mol. The quantitative estimate of drug-likeness (QED) is 0.416. The largest absolute Gasteiger partial charge is 0.508 e. The maximum atomic E-state index is 10.3. The highest BCUT2D eigenvalue weighted by molar-refractivity contribution is 5.49. The Morgan fingerprint density at radius 3 is 1.43 bits per heavy atom. The van der Waals surface area contributed by atoms with Gasteiger partial charge in [-0.05, 0) is 72.9 Å². The van der Waals surface area contributed by atoms with Gasteiger partial charge >= 0.3 is 0 Å². The average Bonchev–Trinajstić information content (AvgIpc) is 2.74. The summed E-state index contributed by atoms with van der Waals surface area (Å²) >= 11 is 0. The number of phenols is 4. The molecule has 0 heterocycles. The highest BCUT2D eigenvalue weighted by Gasteiger charge is 2.16. The van der Waals surface area contributed by atoms with Crippen LogP contribution >= 0.6 is 0 Å². The second-order valence-electron chi connectivity index (χ2n) is 8.32. The van der Waals surface area contributed by atoms with Crippen molar-refractivity contribution in [3.63, 3.8) is 0 Å². The van der Waals surface area contributed by atoms with Crippen molar-refractivity contribution in [2.75, 3.05) is 0 Å². The lowest BCUT2D eigenvalue weighted by Crippen LogP contribution is -2.03. The standard InChI is InChI=1S/C26H30O4/c1-15(12-21-8-10-23(27)17(3)25(21)29)19-6-5-7-20(14-19)16(2)13-22-9-11-24(28)18(4)26(22)30/h5-11,14-16,27-30H,12-13H2,1-4H3. The molecule has 0 saturated carbocycles. The Balaban J connectivity index is 1.78. The monoisotopic (exact) mass is 406 g/mol. The Morgan fingerprint density at radius 2 is 1.03 bits per heavy atom. The minimum atomic E-state index is 0.104. The predicted molar refractivity (Wildman–Crippen MR) is 120 cm³/mol. The zero-order valence-electron chi connectivity index (χ0n) is 18.0. The van der Waals surface area contributed by atoms with Crippen LogP contribution in [-0.4, -0.2) is 20.4 Å². The van der Waals surface area contributed by atoms with Crippen molar-refractivity contribution in [2.45, 2.75) is 52.4 Å². The van der Waals surface area contributed by atoms with Crippen LogP contribution in [0.3, 0.4) is 0 Å². The fourth-order valence-electron chi connectivity index (χ4n) is 3.89. The molecule has 0 saturated heterocycles. The van der Waals surface area contributed by atoms with Crippen molar-refractivity contribution in [1.29, 1.82) is 0 Å². The fourth-order valence-corrected chi connectivity index (χ4v) is 3.89. The molecule has 3 aromatic carbocycles. The third-order valence-electron chi connectivity index (χ3n) is 6.07. The molecule has 4 heteroatoms. The van der Waals surface area contributed by atoms with Gasteiger partial charge in [0, 0.05) is 11.1 Å². The Labute approximate surface area is 178 Å². The van der Waals surface area contributed by atoms with E-state index in [1.165, 1.54) is 11.1 Å². The van der Waals surface area contributed by atoms with Gasteiger partial charge < -0.3 is 20.4 Å². The molecule has 4 nitrogen and oxygen atoms in total. The van der Waals surface area contributed by atoms with E-state index in [1.54, 1.807) is 38.1 Å². The molecule has 0 aliphatic heterocycles. The summed E-state index contributed by atoms with van der Waals surface area (Å²) in [5.74, 6) is 0.904. The third-order valence-corrected chi connectivity index (χ3v) is 6.07. The summed E-state index contributed by atoms with van der Waals surface area (Å²) in [6.07, 6.45) is 1.34. The SMILES string of the molecule is Cc1c(O)ccc(CC(C)c2cccc(C(C)Cc3ccc(O)c(C)c3O)c2)c1O. The molecule has 0 fully saturated rings. The lowest BCUT2D eigenvalue weighted by Gasteiger charge is -2.18. The van der Waals surface area contributed by atoms with Gasteiger partial charge in [0.2, 0.25) is 0 Å². The van der Waals surface area contributed by atoms with Gasteiger partial charge in [-0.3, -0.25) is 0 Å². The topological polar surface area (TPSA) is 80.9 Å². The van der Waals surface area contributed by atoms with Crippen LogP contribution in [-0.2, 0) is 12.8 Å². The van der Waals surface area contributed by atoms with Gasteiger partial charge in [0.1, 0.15) is 23.0 Å². The molecule has 0 radical (unpaired) electrons. The van der Waals surface area contributed by atoms with E-state index in [0.29, 0.717) is 24.0 Å². The zero-order valence-corrected chi connectivity index (χ0v) is 18.0.